The van der Waals surface area contributed by atoms with Crippen molar-refractivity contribution in [1.29, 1.82) is 0 Å². The molecular formula is C11H12O2. The van der Waals surface area contributed by atoms with Gasteiger partial charge in [0, 0.05) is 5.56 Å². The van der Waals surface area contributed by atoms with E-state index in [2.05, 4.69) is 11.8 Å². The van der Waals surface area contributed by atoms with Gasteiger partial charge < -0.3 is 9.84 Å². The van der Waals surface area contributed by atoms with Crippen molar-refractivity contribution in [3.63, 3.8) is 0 Å². The van der Waals surface area contributed by atoms with E-state index in [0.717, 1.165) is 16.9 Å². The third kappa shape index (κ3) is 2.81. The Labute approximate surface area is 78.2 Å². The number of rotatable bonds is 1. The summed E-state index contributed by atoms with van der Waals surface area (Å²) in [5, 5.41) is 8.52. The molecule has 0 aromatic heterocycles. The molecule has 1 N–H and O–H groups in total. The zero-order valence-electron chi connectivity index (χ0n) is 7.79. The summed E-state index contributed by atoms with van der Waals surface area (Å²) in [6.07, 6.45) is 0. The van der Waals surface area contributed by atoms with Crippen molar-refractivity contribution in [2.45, 2.75) is 6.92 Å². The molecule has 2 nitrogen and oxygen atoms in total. The van der Waals surface area contributed by atoms with Gasteiger partial charge in [-0.15, -0.1) is 0 Å². The van der Waals surface area contributed by atoms with Crippen LogP contribution in [-0.4, -0.2) is 18.8 Å². The number of benzene rings is 1. The average molecular weight is 176 g/mol. The Morgan fingerprint density at radius 3 is 2.77 bits per heavy atom. The van der Waals surface area contributed by atoms with E-state index in [0.29, 0.717) is 0 Å². The minimum absolute atomic E-state index is 0.115. The fourth-order valence-corrected chi connectivity index (χ4v) is 1.08. The van der Waals surface area contributed by atoms with Crippen molar-refractivity contribution in [2.75, 3.05) is 13.7 Å². The van der Waals surface area contributed by atoms with Crippen LogP contribution >= 0.6 is 0 Å². The van der Waals surface area contributed by atoms with E-state index in [4.69, 9.17) is 9.84 Å². The second-order valence-electron chi connectivity index (χ2n) is 2.70. The maximum atomic E-state index is 8.52. The molecule has 0 aliphatic rings. The third-order valence-corrected chi connectivity index (χ3v) is 1.60. The van der Waals surface area contributed by atoms with Crippen molar-refractivity contribution >= 4 is 0 Å². The summed E-state index contributed by atoms with van der Waals surface area (Å²) in [4.78, 5) is 0. The van der Waals surface area contributed by atoms with E-state index in [1.165, 1.54) is 0 Å². The highest BCUT2D eigenvalue weighted by Crippen LogP contribution is 2.15. The molecule has 68 valence electrons. The molecule has 1 aromatic carbocycles. The smallest absolute Gasteiger partial charge is 0.120 e. The number of aliphatic hydroxyl groups is 1. The van der Waals surface area contributed by atoms with Gasteiger partial charge >= 0.3 is 0 Å². The largest absolute Gasteiger partial charge is 0.497 e. The summed E-state index contributed by atoms with van der Waals surface area (Å²) in [6, 6.07) is 5.73. The Hall–Kier alpha value is -1.46. The van der Waals surface area contributed by atoms with Gasteiger partial charge in [0.05, 0.1) is 7.11 Å². The Bertz CT molecular complexity index is 345. The summed E-state index contributed by atoms with van der Waals surface area (Å²) >= 11 is 0. The predicted molar refractivity (Wildman–Crippen MR) is 51.7 cm³/mol. The zero-order chi connectivity index (χ0) is 9.68. The van der Waals surface area contributed by atoms with Crippen LogP contribution in [0.3, 0.4) is 0 Å². The number of aryl methyl sites for hydroxylation is 1. The fraction of sp³-hybridized carbons (Fsp3) is 0.273. The topological polar surface area (TPSA) is 29.5 Å². The fourth-order valence-electron chi connectivity index (χ4n) is 1.08. The van der Waals surface area contributed by atoms with Crippen LogP contribution in [0.5, 0.6) is 5.75 Å². The maximum absolute atomic E-state index is 8.52. The molecule has 1 rings (SSSR count). The lowest BCUT2D eigenvalue weighted by molar-refractivity contribution is 0.350. The van der Waals surface area contributed by atoms with E-state index in [9.17, 15) is 0 Å². The first-order valence-electron chi connectivity index (χ1n) is 4.01. The number of hydrogen-bond donors (Lipinski definition) is 1. The molecule has 0 amide bonds. The summed E-state index contributed by atoms with van der Waals surface area (Å²) in [7, 11) is 1.62. The summed E-state index contributed by atoms with van der Waals surface area (Å²) in [6.45, 7) is 1.86. The highest BCUT2D eigenvalue weighted by molar-refractivity contribution is 5.42. The second-order valence-corrected chi connectivity index (χ2v) is 2.70. The van der Waals surface area contributed by atoms with Gasteiger partial charge in [-0.25, -0.2) is 0 Å². The third-order valence-electron chi connectivity index (χ3n) is 1.60. The standard InChI is InChI=1S/C11H12O2/c1-9-6-10(4-3-5-12)8-11(7-9)13-2/h6-8,12H,5H2,1-2H3. The first-order valence-corrected chi connectivity index (χ1v) is 4.01. The highest BCUT2D eigenvalue weighted by atomic mass is 16.5. The van der Waals surface area contributed by atoms with Gasteiger partial charge in [0.25, 0.3) is 0 Å². The molecule has 0 aliphatic carbocycles. The molecule has 0 unspecified atom stereocenters. The van der Waals surface area contributed by atoms with Gasteiger partial charge in [-0.05, 0) is 30.7 Å². The monoisotopic (exact) mass is 176 g/mol. The van der Waals surface area contributed by atoms with Crippen LogP contribution in [0.1, 0.15) is 11.1 Å². The molecule has 0 fully saturated rings. The van der Waals surface area contributed by atoms with Crippen molar-refractivity contribution in [3.8, 4) is 17.6 Å². The first-order chi connectivity index (χ1) is 6.26. The first kappa shape index (κ1) is 9.63. The Balaban J connectivity index is 3.01. The number of aliphatic hydroxyl groups excluding tert-OH is 1. The summed E-state index contributed by atoms with van der Waals surface area (Å²) in [5.74, 6) is 6.22. The summed E-state index contributed by atoms with van der Waals surface area (Å²) in [5.41, 5.74) is 1.97. The van der Waals surface area contributed by atoms with Crippen molar-refractivity contribution in [1.82, 2.24) is 0 Å². The predicted octanol–water partition coefficient (Wildman–Crippen LogP) is 1.35. The number of ether oxygens (including phenoxy) is 1. The molecule has 0 radical (unpaired) electrons. The number of hydrogen-bond acceptors (Lipinski definition) is 2. The lowest BCUT2D eigenvalue weighted by Gasteiger charge is -2.01. The van der Waals surface area contributed by atoms with Crippen LogP contribution in [0.15, 0.2) is 18.2 Å². The SMILES string of the molecule is COc1cc(C)cc(C#CCO)c1. The van der Waals surface area contributed by atoms with Crippen molar-refractivity contribution in [2.24, 2.45) is 0 Å². The van der Waals surface area contributed by atoms with E-state index in [1.807, 2.05) is 25.1 Å². The van der Waals surface area contributed by atoms with Gasteiger partial charge in [-0.1, -0.05) is 11.8 Å². The average Bonchev–Trinajstić information content (AvgIpc) is 2.14. The normalized spacial score (nSPS) is 8.85. The Morgan fingerprint density at radius 1 is 1.38 bits per heavy atom. The van der Waals surface area contributed by atoms with E-state index < -0.39 is 0 Å². The van der Waals surface area contributed by atoms with Crippen LogP contribution in [-0.2, 0) is 0 Å². The Kier molecular flexibility index (Phi) is 3.36. The van der Waals surface area contributed by atoms with Crippen LogP contribution in [0, 0.1) is 18.8 Å². The van der Waals surface area contributed by atoms with Gasteiger partial charge in [-0.3, -0.25) is 0 Å². The molecule has 2 heteroatoms. The molecule has 0 spiro atoms. The van der Waals surface area contributed by atoms with Crippen LogP contribution in [0.4, 0.5) is 0 Å². The van der Waals surface area contributed by atoms with E-state index >= 15 is 0 Å². The van der Waals surface area contributed by atoms with Gasteiger partial charge in [0.15, 0.2) is 0 Å². The molecule has 0 heterocycles. The molecule has 0 aliphatic heterocycles. The van der Waals surface area contributed by atoms with E-state index in [-0.39, 0.29) is 6.61 Å². The van der Waals surface area contributed by atoms with Crippen LogP contribution in [0.25, 0.3) is 0 Å². The molecule has 0 bridgehead atoms. The minimum atomic E-state index is -0.115. The van der Waals surface area contributed by atoms with Crippen molar-refractivity contribution in [3.05, 3.63) is 29.3 Å². The highest BCUT2D eigenvalue weighted by Gasteiger charge is 1.94. The van der Waals surface area contributed by atoms with Gasteiger partial charge in [-0.2, -0.15) is 0 Å². The van der Waals surface area contributed by atoms with Crippen LogP contribution in [0.2, 0.25) is 0 Å². The number of methoxy groups -OCH3 is 1. The van der Waals surface area contributed by atoms with Gasteiger partial charge in [0.2, 0.25) is 0 Å². The maximum Gasteiger partial charge on any atom is 0.120 e. The lowest BCUT2D eigenvalue weighted by Crippen LogP contribution is -1.86. The van der Waals surface area contributed by atoms with Crippen molar-refractivity contribution < 1.29 is 9.84 Å². The zero-order valence-corrected chi connectivity index (χ0v) is 7.79. The molecule has 1 aromatic rings. The quantitative estimate of drug-likeness (QED) is 0.654. The Morgan fingerprint density at radius 2 is 2.15 bits per heavy atom. The minimum Gasteiger partial charge on any atom is -0.497 e. The molecule has 0 atom stereocenters. The van der Waals surface area contributed by atoms with Crippen LogP contribution < -0.4 is 4.74 Å². The van der Waals surface area contributed by atoms with E-state index in [1.54, 1.807) is 7.11 Å². The summed E-state index contributed by atoms with van der Waals surface area (Å²) < 4.78 is 5.09. The second kappa shape index (κ2) is 4.54. The van der Waals surface area contributed by atoms with Gasteiger partial charge in [0.1, 0.15) is 12.4 Å². The molecule has 13 heavy (non-hydrogen) atoms. The molecular weight excluding hydrogens is 164 g/mol. The lowest BCUT2D eigenvalue weighted by atomic mass is 10.1. The molecule has 0 saturated heterocycles. The molecule has 0 saturated carbocycles.